The second-order valence-corrected chi connectivity index (χ2v) is 17.6. The number of esters is 1. The van der Waals surface area contributed by atoms with E-state index < -0.39 is 29.0 Å². The number of nitrogens with one attached hydrogen (secondary N) is 1. The van der Waals surface area contributed by atoms with E-state index in [0.29, 0.717) is 18.3 Å². The van der Waals surface area contributed by atoms with Crippen molar-refractivity contribution in [3.05, 3.63) is 11.1 Å². The Bertz CT molecular complexity index is 1310. The molecule has 4 saturated carbocycles. The summed E-state index contributed by atoms with van der Waals surface area (Å²) >= 11 is 0. The number of amides is 1. The number of methoxy groups -OCH3 is 1. The Balaban J connectivity index is 1.46. The number of carboxylic acid groups (broad SMARTS) is 1. The molecule has 0 bridgehead atoms. The summed E-state index contributed by atoms with van der Waals surface area (Å²) in [5, 5.41) is 12.7. The fourth-order valence-corrected chi connectivity index (χ4v) is 11.8. The molecule has 4 fully saturated rings. The first kappa shape index (κ1) is 34.0. The fourth-order valence-electron chi connectivity index (χ4n) is 11.8. The lowest BCUT2D eigenvalue weighted by atomic mass is 9.33. The van der Waals surface area contributed by atoms with Crippen molar-refractivity contribution in [2.45, 2.75) is 138 Å². The number of ether oxygens (including phenoxy) is 2. The molecule has 0 aliphatic heterocycles. The molecule has 2 N–H and O–H groups in total. The van der Waals surface area contributed by atoms with Gasteiger partial charge in [0.15, 0.2) is 5.78 Å². The minimum absolute atomic E-state index is 0.0266. The summed E-state index contributed by atoms with van der Waals surface area (Å²) in [5.41, 5.74) is 0.139. The molecule has 0 radical (unpaired) electrons. The maximum absolute atomic E-state index is 13.6. The van der Waals surface area contributed by atoms with Crippen molar-refractivity contribution < 1.29 is 33.8 Å². The molecule has 8 atom stereocenters. The average molecular weight is 628 g/mol. The van der Waals surface area contributed by atoms with Crippen molar-refractivity contribution in [3.63, 3.8) is 0 Å². The standard InChI is InChI=1S/C37H57NO7/c1-21(2)28-23(39)19-37(38-31(43)44-10)18-17-35(8)22(29(28)37)11-12-25-34(7)15-14-26(45-27(40)20-32(3,4)30(41)42)33(5,6)24(34)13-16-36(25,35)9/h21-22,24-26H,11-20H2,1-10H3,(H,38,43)(H,41,42)/t22-,24?,25?,26+,34+,35-,36-,37-/m1/s1. The minimum atomic E-state index is -1.16. The van der Waals surface area contributed by atoms with E-state index >= 15 is 0 Å². The third kappa shape index (κ3) is 4.89. The monoisotopic (exact) mass is 627 g/mol. The van der Waals surface area contributed by atoms with Gasteiger partial charge in [0, 0.05) is 11.8 Å². The zero-order valence-corrected chi connectivity index (χ0v) is 29.4. The van der Waals surface area contributed by atoms with Crippen LogP contribution in [-0.2, 0) is 23.9 Å². The van der Waals surface area contributed by atoms with Crippen LogP contribution in [0.1, 0.15) is 127 Å². The highest BCUT2D eigenvalue weighted by Crippen LogP contribution is 2.75. The quantitative estimate of drug-likeness (QED) is 0.293. The molecule has 252 valence electrons. The van der Waals surface area contributed by atoms with Crippen LogP contribution in [0.25, 0.3) is 0 Å². The smallest absolute Gasteiger partial charge is 0.407 e. The number of hydrogen-bond acceptors (Lipinski definition) is 6. The van der Waals surface area contributed by atoms with E-state index in [0.717, 1.165) is 56.9 Å². The van der Waals surface area contributed by atoms with Gasteiger partial charge in [-0.15, -0.1) is 0 Å². The first-order valence-corrected chi connectivity index (χ1v) is 17.3. The van der Waals surface area contributed by atoms with Crippen molar-refractivity contribution in [3.8, 4) is 0 Å². The van der Waals surface area contributed by atoms with Crippen molar-refractivity contribution in [1.29, 1.82) is 0 Å². The highest BCUT2D eigenvalue weighted by Gasteiger charge is 2.70. The number of allylic oxidation sites excluding steroid dienone is 1. The van der Waals surface area contributed by atoms with E-state index in [1.165, 1.54) is 12.7 Å². The zero-order chi connectivity index (χ0) is 33.5. The third-order valence-corrected chi connectivity index (χ3v) is 14.3. The van der Waals surface area contributed by atoms with Gasteiger partial charge in [0.1, 0.15) is 6.10 Å². The van der Waals surface area contributed by atoms with Gasteiger partial charge >= 0.3 is 18.0 Å². The molecule has 0 saturated heterocycles. The molecule has 0 aromatic carbocycles. The maximum Gasteiger partial charge on any atom is 0.407 e. The highest BCUT2D eigenvalue weighted by molar-refractivity contribution is 6.02. The van der Waals surface area contributed by atoms with E-state index in [2.05, 4.69) is 53.8 Å². The van der Waals surface area contributed by atoms with E-state index in [1.807, 2.05) is 0 Å². The lowest BCUT2D eigenvalue weighted by Gasteiger charge is -2.72. The molecule has 8 heteroatoms. The van der Waals surface area contributed by atoms with Crippen molar-refractivity contribution >= 4 is 23.8 Å². The maximum atomic E-state index is 13.6. The average Bonchev–Trinajstić information content (AvgIpc) is 3.22. The topological polar surface area (TPSA) is 119 Å². The first-order valence-electron chi connectivity index (χ1n) is 17.3. The first-order chi connectivity index (χ1) is 20.7. The van der Waals surface area contributed by atoms with Gasteiger partial charge in [-0.3, -0.25) is 14.4 Å². The number of ketones is 1. The Morgan fingerprint density at radius 3 is 2.20 bits per heavy atom. The number of aliphatic carboxylic acids is 1. The lowest BCUT2D eigenvalue weighted by Crippen LogP contribution is -2.67. The van der Waals surface area contributed by atoms with Gasteiger partial charge in [-0.2, -0.15) is 0 Å². The summed E-state index contributed by atoms with van der Waals surface area (Å²) in [5.74, 6) is -0.0943. The molecule has 1 amide bonds. The van der Waals surface area contributed by atoms with E-state index in [-0.39, 0.29) is 51.8 Å². The largest absolute Gasteiger partial charge is 0.481 e. The molecule has 5 aliphatic carbocycles. The summed E-state index contributed by atoms with van der Waals surface area (Å²) in [7, 11) is 1.39. The van der Waals surface area contributed by atoms with Crippen molar-refractivity contribution in [2.24, 2.45) is 50.7 Å². The van der Waals surface area contributed by atoms with E-state index in [1.54, 1.807) is 13.8 Å². The molecule has 0 spiro atoms. The number of alkyl carbamates (subject to hydrolysis) is 1. The van der Waals surface area contributed by atoms with Crippen LogP contribution in [0.3, 0.4) is 0 Å². The predicted octanol–water partition coefficient (Wildman–Crippen LogP) is 7.49. The molecule has 0 aromatic rings. The zero-order valence-electron chi connectivity index (χ0n) is 29.4. The van der Waals surface area contributed by atoms with Crippen LogP contribution < -0.4 is 5.32 Å². The Kier molecular flexibility index (Phi) is 8.18. The van der Waals surface area contributed by atoms with Gasteiger partial charge in [-0.1, -0.05) is 48.5 Å². The lowest BCUT2D eigenvalue weighted by molar-refractivity contribution is -0.232. The van der Waals surface area contributed by atoms with Gasteiger partial charge in [0.25, 0.3) is 0 Å². The number of carbonyl (C=O) groups is 4. The van der Waals surface area contributed by atoms with Crippen LogP contribution >= 0.6 is 0 Å². The summed E-state index contributed by atoms with van der Waals surface area (Å²) in [4.78, 5) is 50.9. The van der Waals surface area contributed by atoms with Crippen LogP contribution in [0.5, 0.6) is 0 Å². The number of rotatable bonds is 6. The van der Waals surface area contributed by atoms with E-state index in [9.17, 15) is 24.3 Å². The molecule has 45 heavy (non-hydrogen) atoms. The van der Waals surface area contributed by atoms with Crippen LogP contribution in [0.15, 0.2) is 11.1 Å². The van der Waals surface area contributed by atoms with Gasteiger partial charge in [0.2, 0.25) is 0 Å². The Hall–Kier alpha value is -2.38. The summed E-state index contributed by atoms with van der Waals surface area (Å²) in [6, 6.07) is 0. The van der Waals surface area contributed by atoms with Crippen molar-refractivity contribution in [1.82, 2.24) is 5.32 Å². The van der Waals surface area contributed by atoms with Gasteiger partial charge < -0.3 is 19.9 Å². The molecular weight excluding hydrogens is 570 g/mol. The minimum Gasteiger partial charge on any atom is -0.481 e. The van der Waals surface area contributed by atoms with Crippen LogP contribution in [0.4, 0.5) is 4.79 Å². The second-order valence-electron chi connectivity index (χ2n) is 17.6. The van der Waals surface area contributed by atoms with Crippen LogP contribution in [0.2, 0.25) is 0 Å². The molecule has 5 aliphatic rings. The Morgan fingerprint density at radius 1 is 0.933 bits per heavy atom. The molecule has 5 rings (SSSR count). The Morgan fingerprint density at radius 2 is 1.60 bits per heavy atom. The van der Waals surface area contributed by atoms with Crippen LogP contribution in [0, 0.1) is 50.7 Å². The van der Waals surface area contributed by atoms with Gasteiger partial charge in [0.05, 0.1) is 24.5 Å². The molecule has 2 unspecified atom stereocenters. The highest BCUT2D eigenvalue weighted by atomic mass is 16.5. The fraction of sp³-hybridized carbons (Fsp3) is 0.838. The Labute approximate surface area is 269 Å². The second kappa shape index (κ2) is 10.8. The number of carbonyl (C=O) groups excluding carboxylic acids is 3. The van der Waals surface area contributed by atoms with Gasteiger partial charge in [-0.25, -0.2) is 4.79 Å². The van der Waals surface area contributed by atoms with E-state index in [4.69, 9.17) is 9.47 Å². The SMILES string of the molecule is COC(=O)N[C@@]12CC[C@]3(C)[C@H](CCC4[C@@]5(C)CC[C@H](OC(=O)CC(C)(C)C(=O)O)C(C)(C)C5CC[C@]43C)C1=C(C(C)C)C(=O)C2. The van der Waals surface area contributed by atoms with Crippen LogP contribution in [-0.4, -0.2) is 47.7 Å². The third-order valence-electron chi connectivity index (χ3n) is 14.3. The van der Waals surface area contributed by atoms with Crippen molar-refractivity contribution in [2.75, 3.05) is 7.11 Å². The number of carboxylic acids is 1. The molecule has 8 nitrogen and oxygen atoms in total. The number of hydrogen-bond donors (Lipinski definition) is 2. The summed E-state index contributed by atoms with van der Waals surface area (Å²) in [6.07, 6.45) is 7.07. The summed E-state index contributed by atoms with van der Waals surface area (Å²) in [6.45, 7) is 19.3. The number of Topliss-reactive ketones (excluding diaryl/α,β-unsaturated/α-hetero) is 1. The molecule has 0 heterocycles. The van der Waals surface area contributed by atoms with Gasteiger partial charge in [-0.05, 0) is 116 Å². The summed E-state index contributed by atoms with van der Waals surface area (Å²) < 4.78 is 11.2. The number of fused-ring (bicyclic) bond motifs is 7. The normalized spacial score (nSPS) is 40.6. The molecular formula is C37H57NO7. The predicted molar refractivity (Wildman–Crippen MR) is 171 cm³/mol. The molecule has 0 aromatic heterocycles.